The molecule has 0 saturated carbocycles. The van der Waals surface area contributed by atoms with Crippen molar-refractivity contribution in [2.24, 2.45) is 5.73 Å². The molecular formula is C12H15N. The van der Waals surface area contributed by atoms with Crippen LogP contribution in [0.1, 0.15) is 18.1 Å². The van der Waals surface area contributed by atoms with Crippen molar-refractivity contribution < 1.29 is 0 Å². The minimum absolute atomic E-state index is 0.580. The van der Waals surface area contributed by atoms with Gasteiger partial charge in [-0.3, -0.25) is 0 Å². The quantitative estimate of drug-likeness (QED) is 0.699. The van der Waals surface area contributed by atoms with Crippen molar-refractivity contribution in [3.63, 3.8) is 0 Å². The van der Waals surface area contributed by atoms with Gasteiger partial charge in [-0.15, -0.1) is 0 Å². The zero-order valence-corrected chi connectivity index (χ0v) is 7.96. The van der Waals surface area contributed by atoms with Gasteiger partial charge in [0.05, 0.1) is 0 Å². The fourth-order valence-electron chi connectivity index (χ4n) is 1.20. The molecule has 0 radical (unpaired) electrons. The van der Waals surface area contributed by atoms with E-state index in [0.29, 0.717) is 6.54 Å². The third kappa shape index (κ3) is 2.56. The van der Waals surface area contributed by atoms with Gasteiger partial charge < -0.3 is 5.73 Å². The Labute approximate surface area is 79.6 Å². The first-order valence-electron chi connectivity index (χ1n) is 4.39. The summed E-state index contributed by atoms with van der Waals surface area (Å²) in [6.07, 6.45) is 3.98. The largest absolute Gasteiger partial charge is 0.326 e. The van der Waals surface area contributed by atoms with Crippen LogP contribution in [0.25, 0.3) is 5.57 Å². The highest BCUT2D eigenvalue weighted by atomic mass is 14.5. The third-order valence-electron chi connectivity index (χ3n) is 1.90. The van der Waals surface area contributed by atoms with Crippen LogP contribution in [-0.2, 0) is 6.54 Å². The van der Waals surface area contributed by atoms with E-state index in [1.165, 1.54) is 0 Å². The number of benzene rings is 1. The van der Waals surface area contributed by atoms with Crippen LogP contribution in [-0.4, -0.2) is 0 Å². The maximum atomic E-state index is 5.55. The van der Waals surface area contributed by atoms with Crippen LogP contribution in [0.4, 0.5) is 0 Å². The molecule has 0 atom stereocenters. The highest BCUT2D eigenvalue weighted by Gasteiger charge is 1.95. The minimum Gasteiger partial charge on any atom is -0.326 e. The van der Waals surface area contributed by atoms with Crippen molar-refractivity contribution in [3.05, 3.63) is 54.1 Å². The van der Waals surface area contributed by atoms with Crippen molar-refractivity contribution in [1.82, 2.24) is 0 Å². The Morgan fingerprint density at radius 3 is 2.92 bits per heavy atom. The first-order valence-corrected chi connectivity index (χ1v) is 4.39. The topological polar surface area (TPSA) is 26.0 Å². The SMILES string of the molecule is C=C(/C=C\C)c1cccc(CN)c1. The molecule has 1 aromatic carbocycles. The molecule has 0 amide bonds. The predicted octanol–water partition coefficient (Wildman–Crippen LogP) is 2.73. The molecule has 0 bridgehead atoms. The molecule has 0 fully saturated rings. The van der Waals surface area contributed by atoms with E-state index in [2.05, 4.69) is 12.6 Å². The van der Waals surface area contributed by atoms with Gasteiger partial charge in [0.2, 0.25) is 0 Å². The predicted molar refractivity (Wildman–Crippen MR) is 58.2 cm³/mol. The van der Waals surface area contributed by atoms with Gasteiger partial charge in [-0.25, -0.2) is 0 Å². The van der Waals surface area contributed by atoms with Crippen LogP contribution in [0.5, 0.6) is 0 Å². The molecule has 0 spiro atoms. The van der Waals surface area contributed by atoms with Gasteiger partial charge in [0.25, 0.3) is 0 Å². The molecule has 0 aliphatic carbocycles. The van der Waals surface area contributed by atoms with Gasteiger partial charge in [0.15, 0.2) is 0 Å². The summed E-state index contributed by atoms with van der Waals surface area (Å²) in [7, 11) is 0. The normalized spacial score (nSPS) is 10.6. The van der Waals surface area contributed by atoms with Crippen LogP contribution in [0, 0.1) is 0 Å². The molecule has 0 aliphatic rings. The van der Waals surface area contributed by atoms with E-state index in [4.69, 9.17) is 5.73 Å². The number of hydrogen-bond donors (Lipinski definition) is 1. The number of hydrogen-bond acceptors (Lipinski definition) is 1. The van der Waals surface area contributed by atoms with E-state index in [-0.39, 0.29) is 0 Å². The Kier molecular flexibility index (Phi) is 3.47. The van der Waals surface area contributed by atoms with E-state index in [1.807, 2.05) is 37.3 Å². The number of nitrogens with two attached hydrogens (primary N) is 1. The lowest BCUT2D eigenvalue weighted by Gasteiger charge is -2.02. The van der Waals surface area contributed by atoms with Crippen molar-refractivity contribution in [3.8, 4) is 0 Å². The highest BCUT2D eigenvalue weighted by Crippen LogP contribution is 2.14. The molecule has 2 N–H and O–H groups in total. The van der Waals surface area contributed by atoms with E-state index < -0.39 is 0 Å². The summed E-state index contributed by atoms with van der Waals surface area (Å²) in [5.74, 6) is 0. The molecule has 1 heteroatoms. The Bertz CT molecular complexity index is 324. The van der Waals surface area contributed by atoms with Crippen LogP contribution >= 0.6 is 0 Å². The Morgan fingerprint density at radius 1 is 1.54 bits per heavy atom. The Morgan fingerprint density at radius 2 is 2.31 bits per heavy atom. The highest BCUT2D eigenvalue weighted by molar-refractivity contribution is 5.72. The molecule has 1 nitrogen and oxygen atoms in total. The second kappa shape index (κ2) is 4.63. The Balaban J connectivity index is 2.94. The number of rotatable bonds is 3. The molecule has 0 heterocycles. The third-order valence-corrected chi connectivity index (χ3v) is 1.90. The van der Waals surface area contributed by atoms with E-state index in [1.54, 1.807) is 0 Å². The fraction of sp³-hybridized carbons (Fsp3) is 0.167. The smallest absolute Gasteiger partial charge is 0.0178 e. The molecule has 0 aromatic heterocycles. The van der Waals surface area contributed by atoms with E-state index in [9.17, 15) is 0 Å². The average molecular weight is 173 g/mol. The van der Waals surface area contributed by atoms with Gasteiger partial charge >= 0.3 is 0 Å². The molecule has 0 aliphatic heterocycles. The molecule has 1 rings (SSSR count). The van der Waals surface area contributed by atoms with Crippen LogP contribution in [0.15, 0.2) is 43.0 Å². The summed E-state index contributed by atoms with van der Waals surface area (Å²) in [5, 5.41) is 0. The first-order chi connectivity index (χ1) is 6.27. The molecule has 13 heavy (non-hydrogen) atoms. The molecule has 0 unspecified atom stereocenters. The van der Waals surface area contributed by atoms with Crippen LogP contribution < -0.4 is 5.73 Å². The van der Waals surface area contributed by atoms with Crippen molar-refractivity contribution >= 4 is 5.57 Å². The second-order valence-corrected chi connectivity index (χ2v) is 2.93. The van der Waals surface area contributed by atoms with Gasteiger partial charge in [-0.1, -0.05) is 36.9 Å². The molecular weight excluding hydrogens is 158 g/mol. The summed E-state index contributed by atoms with van der Waals surface area (Å²) in [5.41, 5.74) is 8.85. The van der Waals surface area contributed by atoms with E-state index in [0.717, 1.165) is 16.7 Å². The van der Waals surface area contributed by atoms with E-state index >= 15 is 0 Å². The summed E-state index contributed by atoms with van der Waals surface area (Å²) in [6.45, 7) is 6.53. The summed E-state index contributed by atoms with van der Waals surface area (Å²) < 4.78 is 0. The molecule has 1 aromatic rings. The Hall–Kier alpha value is -1.34. The fourth-order valence-corrected chi connectivity index (χ4v) is 1.20. The lowest BCUT2D eigenvalue weighted by atomic mass is 10.0. The van der Waals surface area contributed by atoms with Gasteiger partial charge in [0, 0.05) is 6.54 Å². The number of allylic oxidation sites excluding steroid dienone is 3. The monoisotopic (exact) mass is 173 g/mol. The minimum atomic E-state index is 0.580. The zero-order chi connectivity index (χ0) is 9.68. The average Bonchev–Trinajstić information content (AvgIpc) is 2.18. The summed E-state index contributed by atoms with van der Waals surface area (Å²) in [6, 6.07) is 8.14. The van der Waals surface area contributed by atoms with Gasteiger partial charge in [0.1, 0.15) is 0 Å². The maximum Gasteiger partial charge on any atom is 0.0178 e. The summed E-state index contributed by atoms with van der Waals surface area (Å²) in [4.78, 5) is 0. The van der Waals surface area contributed by atoms with Gasteiger partial charge in [-0.05, 0) is 29.7 Å². The second-order valence-electron chi connectivity index (χ2n) is 2.93. The maximum absolute atomic E-state index is 5.55. The van der Waals surface area contributed by atoms with Crippen LogP contribution in [0.2, 0.25) is 0 Å². The lowest BCUT2D eigenvalue weighted by molar-refractivity contribution is 1.07. The zero-order valence-electron chi connectivity index (χ0n) is 7.96. The van der Waals surface area contributed by atoms with Crippen LogP contribution in [0.3, 0.4) is 0 Å². The molecule has 0 saturated heterocycles. The van der Waals surface area contributed by atoms with Crippen molar-refractivity contribution in [2.75, 3.05) is 0 Å². The standard InChI is InChI=1S/C12H15N/c1-3-5-10(2)12-7-4-6-11(8-12)9-13/h3-8H,2,9,13H2,1H3/b5-3-. The lowest BCUT2D eigenvalue weighted by Crippen LogP contribution is -1.96. The van der Waals surface area contributed by atoms with Gasteiger partial charge in [-0.2, -0.15) is 0 Å². The molecule has 68 valence electrons. The summed E-state index contributed by atoms with van der Waals surface area (Å²) >= 11 is 0. The van der Waals surface area contributed by atoms with Crippen molar-refractivity contribution in [2.45, 2.75) is 13.5 Å². The van der Waals surface area contributed by atoms with Crippen molar-refractivity contribution in [1.29, 1.82) is 0 Å². The first kappa shape index (κ1) is 9.75.